The minimum atomic E-state index is -4.74. The highest BCUT2D eigenvalue weighted by Crippen LogP contribution is 2.37. The Hall–Kier alpha value is -1.44. The maximum atomic E-state index is 12.5. The highest BCUT2D eigenvalue weighted by atomic mass is 79.9. The first kappa shape index (κ1) is 13.6. The van der Waals surface area contributed by atoms with Gasteiger partial charge < -0.3 is 0 Å². The average molecular weight is 312 g/mol. The van der Waals surface area contributed by atoms with E-state index in [2.05, 4.69) is 15.9 Å². The molecule has 0 unspecified atom stereocenters. The first-order chi connectivity index (χ1) is 7.64. The summed E-state index contributed by atoms with van der Waals surface area (Å²) in [5, 5.41) is 10.6. The largest absolute Gasteiger partial charge is 0.416 e. The number of rotatable bonds is 2. The lowest BCUT2D eigenvalue weighted by molar-refractivity contribution is -0.385. The Bertz CT molecular complexity index is 464. The molecule has 17 heavy (non-hydrogen) atoms. The number of hydrogen-bond acceptors (Lipinski definition) is 3. The molecule has 0 aliphatic heterocycles. The molecule has 0 aromatic heterocycles. The third-order valence-corrected chi connectivity index (χ3v) is 2.79. The first-order valence-corrected chi connectivity index (χ1v) is 5.00. The smallest absolute Gasteiger partial charge is 0.294 e. The number of halogens is 4. The molecule has 8 heteroatoms. The molecular weight excluding hydrogens is 307 g/mol. The van der Waals surface area contributed by atoms with Crippen LogP contribution in [0.3, 0.4) is 0 Å². The number of nitro benzene ring substituents is 1. The average Bonchev–Trinajstić information content (AvgIpc) is 2.14. The summed E-state index contributed by atoms with van der Waals surface area (Å²) in [6, 6.07) is 0.968. The normalized spacial score (nSPS) is 11.4. The summed E-state index contributed by atoms with van der Waals surface area (Å²) >= 11 is 2.75. The van der Waals surface area contributed by atoms with Crippen LogP contribution in [0, 0.1) is 10.1 Å². The summed E-state index contributed by atoms with van der Waals surface area (Å²) in [5.41, 5.74) is -2.38. The molecule has 4 nitrogen and oxygen atoms in total. The maximum absolute atomic E-state index is 12.5. The molecule has 0 aliphatic rings. The van der Waals surface area contributed by atoms with E-state index in [1.807, 2.05) is 0 Å². The highest BCUT2D eigenvalue weighted by Gasteiger charge is 2.34. The molecular formula is C9H5BrF3NO3. The van der Waals surface area contributed by atoms with E-state index in [1.165, 1.54) is 0 Å². The van der Waals surface area contributed by atoms with Crippen LogP contribution in [-0.4, -0.2) is 10.7 Å². The Morgan fingerprint density at radius 2 is 1.94 bits per heavy atom. The summed E-state index contributed by atoms with van der Waals surface area (Å²) < 4.78 is 37.1. The van der Waals surface area contributed by atoms with E-state index in [9.17, 15) is 28.1 Å². The number of hydrogen-bond donors (Lipinski definition) is 0. The van der Waals surface area contributed by atoms with Gasteiger partial charge in [0.25, 0.3) is 5.69 Å². The number of alkyl halides is 3. The van der Waals surface area contributed by atoms with Gasteiger partial charge in [-0.15, -0.1) is 0 Å². The van der Waals surface area contributed by atoms with Crippen molar-refractivity contribution < 1.29 is 22.9 Å². The lowest BCUT2D eigenvalue weighted by Gasteiger charge is -2.09. The Labute approximate surface area is 102 Å². The molecule has 0 bridgehead atoms. The van der Waals surface area contributed by atoms with E-state index in [4.69, 9.17) is 0 Å². The van der Waals surface area contributed by atoms with Crippen molar-refractivity contribution in [2.45, 2.75) is 13.1 Å². The van der Waals surface area contributed by atoms with Crippen molar-refractivity contribution in [3.05, 3.63) is 37.8 Å². The van der Waals surface area contributed by atoms with Crippen LogP contribution in [-0.2, 0) is 6.18 Å². The molecule has 0 atom stereocenters. The van der Waals surface area contributed by atoms with Crippen LogP contribution in [0.15, 0.2) is 16.6 Å². The third kappa shape index (κ3) is 2.82. The van der Waals surface area contributed by atoms with Crippen LogP contribution in [0.5, 0.6) is 0 Å². The number of nitrogens with zero attached hydrogens (tertiary/aromatic N) is 1. The van der Waals surface area contributed by atoms with Crippen molar-refractivity contribution in [1.82, 2.24) is 0 Å². The van der Waals surface area contributed by atoms with Gasteiger partial charge in [0.2, 0.25) is 0 Å². The Kier molecular flexibility index (Phi) is 3.56. The zero-order valence-electron chi connectivity index (χ0n) is 8.34. The van der Waals surface area contributed by atoms with Crippen LogP contribution >= 0.6 is 15.9 Å². The molecule has 0 radical (unpaired) electrons. The maximum Gasteiger partial charge on any atom is 0.416 e. The molecule has 0 fully saturated rings. The Morgan fingerprint density at radius 3 is 2.29 bits per heavy atom. The standard InChI is InChI=1S/C9H5BrF3NO3/c1-4(15)6-2-5(9(11,12)13)3-7(8(6)10)14(16)17/h2-3H,1H3. The van der Waals surface area contributed by atoms with E-state index in [1.54, 1.807) is 0 Å². The van der Waals surface area contributed by atoms with Crippen LogP contribution in [0.4, 0.5) is 18.9 Å². The van der Waals surface area contributed by atoms with Gasteiger partial charge in [-0.25, -0.2) is 0 Å². The second-order valence-electron chi connectivity index (χ2n) is 3.17. The van der Waals surface area contributed by atoms with Crippen LogP contribution in [0.25, 0.3) is 0 Å². The number of ketones is 1. The predicted molar refractivity (Wildman–Crippen MR) is 55.8 cm³/mol. The van der Waals surface area contributed by atoms with Crippen LogP contribution < -0.4 is 0 Å². The van der Waals surface area contributed by atoms with Gasteiger partial charge in [-0.2, -0.15) is 13.2 Å². The van der Waals surface area contributed by atoms with Gasteiger partial charge in [-0.3, -0.25) is 14.9 Å². The van der Waals surface area contributed by atoms with Crippen molar-refractivity contribution in [3.8, 4) is 0 Å². The molecule has 1 aromatic carbocycles. The topological polar surface area (TPSA) is 60.2 Å². The highest BCUT2D eigenvalue weighted by molar-refractivity contribution is 9.10. The van der Waals surface area contributed by atoms with Crippen molar-refractivity contribution in [2.75, 3.05) is 0 Å². The van der Waals surface area contributed by atoms with E-state index in [-0.39, 0.29) is 10.0 Å². The van der Waals surface area contributed by atoms with E-state index in [0.29, 0.717) is 12.1 Å². The van der Waals surface area contributed by atoms with Crippen molar-refractivity contribution in [3.63, 3.8) is 0 Å². The number of carbonyl (C=O) groups excluding carboxylic acids is 1. The summed E-state index contributed by atoms with van der Waals surface area (Å²) in [7, 11) is 0. The molecule has 0 heterocycles. The predicted octanol–water partition coefficient (Wildman–Crippen LogP) is 3.58. The Balaban J connectivity index is 3.59. The fourth-order valence-corrected chi connectivity index (χ4v) is 1.81. The molecule has 1 rings (SSSR count). The molecule has 0 N–H and O–H groups in total. The minimum Gasteiger partial charge on any atom is -0.294 e. The van der Waals surface area contributed by atoms with Gasteiger partial charge in [0.15, 0.2) is 5.78 Å². The molecule has 0 spiro atoms. The van der Waals surface area contributed by atoms with Gasteiger partial charge >= 0.3 is 6.18 Å². The minimum absolute atomic E-state index is 0.247. The lowest BCUT2D eigenvalue weighted by Crippen LogP contribution is -2.09. The van der Waals surface area contributed by atoms with Crippen molar-refractivity contribution in [2.24, 2.45) is 0 Å². The van der Waals surface area contributed by atoms with Gasteiger partial charge in [0.05, 0.1) is 10.5 Å². The number of Topliss-reactive ketones (excluding diaryl/α,β-unsaturated/α-hetero) is 1. The number of carbonyl (C=O) groups is 1. The zero-order valence-corrected chi connectivity index (χ0v) is 9.92. The van der Waals surface area contributed by atoms with Gasteiger partial charge in [-0.05, 0) is 28.9 Å². The van der Waals surface area contributed by atoms with Crippen LogP contribution in [0.1, 0.15) is 22.8 Å². The quantitative estimate of drug-likeness (QED) is 0.476. The summed E-state index contributed by atoms with van der Waals surface area (Å²) in [5.74, 6) is -0.689. The Morgan fingerprint density at radius 1 is 1.41 bits per heavy atom. The fourth-order valence-electron chi connectivity index (χ4n) is 1.16. The van der Waals surface area contributed by atoms with Gasteiger partial charge in [0, 0.05) is 11.6 Å². The first-order valence-electron chi connectivity index (χ1n) is 4.20. The molecule has 1 aromatic rings. The molecule has 0 amide bonds. The number of nitro groups is 1. The molecule has 92 valence electrons. The van der Waals surface area contributed by atoms with E-state index >= 15 is 0 Å². The van der Waals surface area contributed by atoms with E-state index < -0.39 is 28.1 Å². The SMILES string of the molecule is CC(=O)c1cc(C(F)(F)F)cc([N+](=O)[O-])c1Br. The third-order valence-electron chi connectivity index (χ3n) is 1.96. The zero-order chi connectivity index (χ0) is 13.4. The second kappa shape index (κ2) is 4.44. The van der Waals surface area contributed by atoms with Crippen molar-refractivity contribution in [1.29, 1.82) is 0 Å². The summed E-state index contributed by atoms with van der Waals surface area (Å²) in [6.45, 7) is 1.03. The molecule has 0 saturated heterocycles. The lowest BCUT2D eigenvalue weighted by atomic mass is 10.1. The second-order valence-corrected chi connectivity index (χ2v) is 3.96. The van der Waals surface area contributed by atoms with Crippen LogP contribution in [0.2, 0.25) is 0 Å². The van der Waals surface area contributed by atoms with Gasteiger partial charge in [-0.1, -0.05) is 0 Å². The van der Waals surface area contributed by atoms with E-state index in [0.717, 1.165) is 6.92 Å². The number of benzene rings is 1. The molecule has 0 saturated carbocycles. The molecule has 0 aliphatic carbocycles. The van der Waals surface area contributed by atoms with Gasteiger partial charge in [0.1, 0.15) is 4.47 Å². The van der Waals surface area contributed by atoms with Crippen molar-refractivity contribution >= 4 is 27.4 Å². The summed E-state index contributed by atoms with van der Waals surface area (Å²) in [4.78, 5) is 20.7. The fraction of sp³-hybridized carbons (Fsp3) is 0.222. The summed E-state index contributed by atoms with van der Waals surface area (Å²) in [6.07, 6.45) is -4.74. The monoisotopic (exact) mass is 311 g/mol.